The SMILES string of the molecule is P[C-]=C[CH]=[Sb].P[C-]=C[CH]=[Sb].[Cl-].[Cl-].[Zr+4]. The Kier molecular flexibility index (Phi) is 83.1. The van der Waals surface area contributed by atoms with Crippen LogP contribution in [0.5, 0.6) is 0 Å². The van der Waals surface area contributed by atoms with E-state index in [0.29, 0.717) is 0 Å². The quantitative estimate of drug-likeness (QED) is 0.184. The van der Waals surface area contributed by atoms with Crippen molar-refractivity contribution in [2.75, 3.05) is 0 Å². The summed E-state index contributed by atoms with van der Waals surface area (Å²) in [5.41, 5.74) is 0. The zero-order chi connectivity index (χ0) is 8.24. The maximum Gasteiger partial charge on any atom is 4.00 e. The van der Waals surface area contributed by atoms with E-state index < -0.39 is 0 Å². The number of halogens is 2. The second-order valence-corrected chi connectivity index (χ2v) is 3.33. The number of rotatable bonds is 2. The smallest absolute Gasteiger partial charge is 1.00 e. The van der Waals surface area contributed by atoms with Crippen LogP contribution < -0.4 is 24.8 Å². The molecule has 0 aliphatic rings. The maximum atomic E-state index is 2.77. The van der Waals surface area contributed by atoms with Crippen LogP contribution in [0.4, 0.5) is 0 Å². The molecule has 0 spiro atoms. The molecule has 0 saturated heterocycles. The fraction of sp³-hybridized carbons (Fsp3) is 0. The van der Waals surface area contributed by atoms with Gasteiger partial charge in [-0.05, 0) is 0 Å². The molecule has 13 heavy (non-hydrogen) atoms. The molecule has 70 valence electrons. The van der Waals surface area contributed by atoms with Crippen LogP contribution in [-0.2, 0) is 26.2 Å². The van der Waals surface area contributed by atoms with Gasteiger partial charge in [0, 0.05) is 0 Å². The van der Waals surface area contributed by atoms with E-state index in [2.05, 4.69) is 30.1 Å². The molecule has 0 heterocycles. The third-order valence-corrected chi connectivity index (χ3v) is 1.58. The minimum atomic E-state index is 0. The Hall–Kier alpha value is 3.18. The first-order chi connectivity index (χ1) is 4.83. The number of hydrogen-bond donors (Lipinski definition) is 0. The maximum absolute atomic E-state index is 2.77. The van der Waals surface area contributed by atoms with Crippen molar-refractivity contribution in [1.29, 1.82) is 0 Å². The molecule has 0 aromatic heterocycles. The van der Waals surface area contributed by atoms with Crippen LogP contribution in [0, 0.1) is 11.6 Å². The van der Waals surface area contributed by atoms with Crippen LogP contribution in [-0.4, -0.2) is 53.0 Å². The minimum Gasteiger partial charge on any atom is -1.00 e. The van der Waals surface area contributed by atoms with E-state index in [0.717, 1.165) is 0 Å². The average Bonchev–Trinajstić information content (AvgIpc) is 1.93. The van der Waals surface area contributed by atoms with Crippen molar-refractivity contribution in [3.8, 4) is 0 Å². The first-order valence-corrected chi connectivity index (χ1v) is 6.44. The van der Waals surface area contributed by atoms with E-state index in [-0.39, 0.29) is 51.0 Å². The predicted molar refractivity (Wildman–Crippen MR) is 58.7 cm³/mol. The molecule has 0 aromatic rings. The van der Waals surface area contributed by atoms with Crippen LogP contribution in [0.25, 0.3) is 0 Å². The molecule has 0 saturated carbocycles. The Labute approximate surface area is 144 Å². The summed E-state index contributed by atoms with van der Waals surface area (Å²) in [7, 11) is 4.74. The van der Waals surface area contributed by atoms with Gasteiger partial charge in [0.1, 0.15) is 0 Å². The third kappa shape index (κ3) is 51.2. The molecule has 0 N–H and O–H groups in total. The van der Waals surface area contributed by atoms with Gasteiger partial charge in [0.15, 0.2) is 0 Å². The zero-order valence-electron chi connectivity index (χ0n) is 6.61. The van der Waals surface area contributed by atoms with Crippen LogP contribution in [0.1, 0.15) is 0 Å². The molecule has 0 aromatic carbocycles. The van der Waals surface area contributed by atoms with Gasteiger partial charge in [-0.1, -0.05) is 0 Å². The average molecular weight is 548 g/mol. The first kappa shape index (κ1) is 29.8. The minimum absolute atomic E-state index is 0. The molecule has 0 fully saturated rings. The summed E-state index contributed by atoms with van der Waals surface area (Å²) >= 11 is 3.33. The van der Waals surface area contributed by atoms with E-state index in [1.54, 1.807) is 45.1 Å². The Morgan fingerprint density at radius 2 is 1.08 bits per heavy atom. The van der Waals surface area contributed by atoms with E-state index in [1.807, 2.05) is 20.1 Å². The second kappa shape index (κ2) is 36.2. The molecule has 7 heteroatoms. The summed E-state index contributed by atoms with van der Waals surface area (Å²) in [4.78, 5) is 0. The Balaban J connectivity index is -0.0000000267. The summed E-state index contributed by atoms with van der Waals surface area (Å²) in [5, 5.41) is 0. The molecule has 0 aliphatic carbocycles. The van der Waals surface area contributed by atoms with E-state index in [1.165, 1.54) is 0 Å². The van der Waals surface area contributed by atoms with Gasteiger partial charge in [-0.3, -0.25) is 0 Å². The molecule has 0 amide bonds. The van der Waals surface area contributed by atoms with Crippen LogP contribution in [0.3, 0.4) is 0 Å². The molecule has 0 bridgehead atoms. The van der Waals surface area contributed by atoms with Gasteiger partial charge in [-0.15, -0.1) is 0 Å². The Morgan fingerprint density at radius 3 is 1.08 bits per heavy atom. The number of hydrogen-bond acceptors (Lipinski definition) is 0. The molecule has 0 aliphatic heterocycles. The van der Waals surface area contributed by atoms with Crippen LogP contribution in [0.15, 0.2) is 12.2 Å². The molecule has 0 nitrogen and oxygen atoms in total. The fourth-order valence-electron chi connectivity index (χ4n) is 0.0861. The van der Waals surface area contributed by atoms with Crippen molar-refractivity contribution >= 4 is 71.5 Å². The Morgan fingerprint density at radius 1 is 0.846 bits per heavy atom. The van der Waals surface area contributed by atoms with Crippen LogP contribution in [0.2, 0.25) is 0 Å². The molecule has 2 unspecified atom stereocenters. The largest absolute Gasteiger partial charge is 4.00 e. The van der Waals surface area contributed by atoms with Crippen molar-refractivity contribution in [3.63, 3.8) is 0 Å². The molecule has 0 rings (SSSR count). The number of allylic oxidation sites excluding steroid dienone is 2. The van der Waals surface area contributed by atoms with E-state index in [9.17, 15) is 0 Å². The summed E-state index contributed by atoms with van der Waals surface area (Å²) in [5.74, 6) is 5.53. The molecule has 2 atom stereocenters. The van der Waals surface area contributed by atoms with Crippen LogP contribution >= 0.6 is 18.5 Å². The Bertz CT molecular complexity index is 127. The zero-order valence-corrected chi connectivity index (χ0v) is 18.0. The van der Waals surface area contributed by atoms with Crippen molar-refractivity contribution < 1.29 is 51.0 Å². The third-order valence-electron chi connectivity index (χ3n) is 0.342. The second-order valence-electron chi connectivity index (χ2n) is 0.965. The predicted octanol–water partition coefficient (Wildman–Crippen LogP) is -5.70. The molecular formula is C6H8Cl2P2Sb2Zr. The van der Waals surface area contributed by atoms with Crippen molar-refractivity contribution in [2.24, 2.45) is 0 Å². The van der Waals surface area contributed by atoms with Gasteiger partial charge in [-0.2, -0.15) is 0 Å². The fourth-order valence-corrected chi connectivity index (χ4v) is 1.73. The van der Waals surface area contributed by atoms with Gasteiger partial charge in [0.2, 0.25) is 0 Å². The van der Waals surface area contributed by atoms with E-state index >= 15 is 0 Å². The summed E-state index contributed by atoms with van der Waals surface area (Å²) in [6.07, 6.45) is 3.72. The standard InChI is InChI=1S/2C3H4P.2ClH.2Sb.Zr/c2*1-2-3-4;;;;;/h2*1-2H,4H2;2*1H;;;/q2*-1;;;;;+4/p-2. The van der Waals surface area contributed by atoms with Gasteiger partial charge in [-0.25, -0.2) is 0 Å². The summed E-state index contributed by atoms with van der Waals surface area (Å²) in [6.45, 7) is 0. The van der Waals surface area contributed by atoms with Gasteiger partial charge >= 0.3 is 121 Å². The summed E-state index contributed by atoms with van der Waals surface area (Å²) < 4.78 is 3.95. The molecular weight excluding hydrogens is 540 g/mol. The normalized spacial score (nSPS) is 6.92. The monoisotopic (exact) mass is 544 g/mol. The molecule has 2 radical (unpaired) electrons. The first-order valence-electron chi connectivity index (χ1n) is 2.34. The van der Waals surface area contributed by atoms with Crippen molar-refractivity contribution in [1.82, 2.24) is 0 Å². The topological polar surface area (TPSA) is 0 Å². The van der Waals surface area contributed by atoms with Crippen molar-refractivity contribution in [3.05, 3.63) is 23.8 Å². The van der Waals surface area contributed by atoms with Crippen molar-refractivity contribution in [2.45, 2.75) is 0 Å². The van der Waals surface area contributed by atoms with Gasteiger partial charge < -0.3 is 24.8 Å². The van der Waals surface area contributed by atoms with Gasteiger partial charge in [0.25, 0.3) is 0 Å². The van der Waals surface area contributed by atoms with E-state index in [4.69, 9.17) is 0 Å². The van der Waals surface area contributed by atoms with Gasteiger partial charge in [0.05, 0.1) is 0 Å². The summed E-state index contributed by atoms with van der Waals surface area (Å²) in [6, 6.07) is 0.